The number of fused-ring (bicyclic) bond motifs is 1. The largest absolute Gasteiger partial charge is 0.484 e. The Kier molecular flexibility index (Phi) is 7.16. The lowest BCUT2D eigenvalue weighted by atomic mass is 10.0. The molecule has 0 saturated heterocycles. The summed E-state index contributed by atoms with van der Waals surface area (Å²) in [5.41, 5.74) is 5.32. The van der Waals surface area contributed by atoms with E-state index in [1.807, 2.05) is 48.5 Å². The van der Waals surface area contributed by atoms with Gasteiger partial charge in [0.2, 0.25) is 5.89 Å². The molecule has 176 valence electrons. The summed E-state index contributed by atoms with van der Waals surface area (Å²) in [6, 6.07) is 21.4. The van der Waals surface area contributed by atoms with Gasteiger partial charge in [0.15, 0.2) is 12.2 Å². The molecule has 4 aromatic rings. The zero-order chi connectivity index (χ0) is 24.1. The van der Waals surface area contributed by atoms with Gasteiger partial charge in [-0.05, 0) is 79.9 Å². The number of anilines is 2. The minimum atomic E-state index is -0.233. The molecule has 0 saturated carbocycles. The number of carbonyl (C=O) groups excluding carboxylic acids is 1. The first kappa shape index (κ1) is 23.4. The number of nitrogens with zero attached hydrogens (tertiary/aromatic N) is 2. The molecule has 4 rings (SSSR count). The predicted molar refractivity (Wildman–Crippen MR) is 138 cm³/mol. The second-order valence-corrected chi connectivity index (χ2v) is 8.48. The van der Waals surface area contributed by atoms with Crippen molar-refractivity contribution in [1.82, 2.24) is 4.98 Å². The summed E-state index contributed by atoms with van der Waals surface area (Å²) in [7, 11) is 0. The van der Waals surface area contributed by atoms with E-state index in [1.165, 1.54) is 11.3 Å². The van der Waals surface area contributed by atoms with Crippen LogP contribution in [0.4, 0.5) is 11.4 Å². The van der Waals surface area contributed by atoms with Gasteiger partial charge in [-0.25, -0.2) is 4.98 Å². The van der Waals surface area contributed by atoms with Gasteiger partial charge in [-0.3, -0.25) is 4.79 Å². The van der Waals surface area contributed by atoms with Crippen molar-refractivity contribution in [3.8, 4) is 17.2 Å². The summed E-state index contributed by atoms with van der Waals surface area (Å²) in [6.07, 6.45) is 0. The molecule has 6 nitrogen and oxygen atoms in total. The van der Waals surface area contributed by atoms with Crippen molar-refractivity contribution in [1.29, 1.82) is 0 Å². The molecular formula is C28H31N3O3. The second-order valence-electron chi connectivity index (χ2n) is 8.48. The maximum Gasteiger partial charge on any atom is 0.262 e. The van der Waals surface area contributed by atoms with E-state index >= 15 is 0 Å². The first-order chi connectivity index (χ1) is 16.5. The monoisotopic (exact) mass is 457 g/mol. The van der Waals surface area contributed by atoms with E-state index in [1.54, 1.807) is 6.07 Å². The SMILES string of the molecule is CCN(CC)c1ccc(-c2nc3cc(NC(=O)COc4ccc(C(C)C)cc4)ccc3o2)cc1. The van der Waals surface area contributed by atoms with Crippen molar-refractivity contribution in [2.75, 3.05) is 29.9 Å². The van der Waals surface area contributed by atoms with Crippen LogP contribution in [0, 0.1) is 0 Å². The molecule has 0 spiro atoms. The van der Waals surface area contributed by atoms with E-state index in [9.17, 15) is 4.79 Å². The van der Waals surface area contributed by atoms with Crippen LogP contribution in [0.5, 0.6) is 5.75 Å². The lowest BCUT2D eigenvalue weighted by Gasteiger charge is -2.20. The van der Waals surface area contributed by atoms with Gasteiger partial charge >= 0.3 is 0 Å². The summed E-state index contributed by atoms with van der Waals surface area (Å²) in [4.78, 5) is 19.3. The predicted octanol–water partition coefficient (Wildman–Crippen LogP) is 6.48. The highest BCUT2D eigenvalue weighted by Crippen LogP contribution is 2.28. The fourth-order valence-electron chi connectivity index (χ4n) is 3.83. The van der Waals surface area contributed by atoms with Crippen LogP contribution in [0.3, 0.4) is 0 Å². The van der Waals surface area contributed by atoms with Crippen molar-refractivity contribution in [2.45, 2.75) is 33.6 Å². The van der Waals surface area contributed by atoms with Gasteiger partial charge in [-0.15, -0.1) is 0 Å². The Bertz CT molecular complexity index is 1240. The minimum absolute atomic E-state index is 0.0674. The number of carbonyl (C=O) groups is 1. The van der Waals surface area contributed by atoms with E-state index < -0.39 is 0 Å². The third-order valence-electron chi connectivity index (χ3n) is 5.83. The number of ether oxygens (including phenoxy) is 1. The number of oxazole rings is 1. The van der Waals surface area contributed by atoms with Crippen LogP contribution in [-0.4, -0.2) is 30.6 Å². The molecule has 1 heterocycles. The summed E-state index contributed by atoms with van der Waals surface area (Å²) in [5.74, 6) is 1.44. The van der Waals surface area contributed by atoms with Crippen LogP contribution in [-0.2, 0) is 4.79 Å². The normalized spacial score (nSPS) is 11.1. The fraction of sp³-hybridized carbons (Fsp3) is 0.286. The summed E-state index contributed by atoms with van der Waals surface area (Å²) < 4.78 is 11.6. The van der Waals surface area contributed by atoms with Crippen molar-refractivity contribution in [3.05, 3.63) is 72.3 Å². The Balaban J connectivity index is 1.40. The van der Waals surface area contributed by atoms with Crippen LogP contribution in [0.1, 0.15) is 39.2 Å². The maximum atomic E-state index is 12.4. The van der Waals surface area contributed by atoms with Gasteiger partial charge in [0.1, 0.15) is 11.3 Å². The topological polar surface area (TPSA) is 67.6 Å². The van der Waals surface area contributed by atoms with E-state index in [0.29, 0.717) is 34.3 Å². The van der Waals surface area contributed by atoms with Gasteiger partial charge in [0.05, 0.1) is 0 Å². The highest BCUT2D eigenvalue weighted by Gasteiger charge is 2.11. The third-order valence-corrected chi connectivity index (χ3v) is 5.83. The number of nitrogens with one attached hydrogen (secondary N) is 1. The Labute approximate surface area is 200 Å². The van der Waals surface area contributed by atoms with E-state index in [4.69, 9.17) is 9.15 Å². The Hall–Kier alpha value is -3.80. The van der Waals surface area contributed by atoms with Gasteiger partial charge in [-0.1, -0.05) is 26.0 Å². The van der Waals surface area contributed by atoms with Crippen LogP contribution < -0.4 is 15.0 Å². The van der Waals surface area contributed by atoms with Crippen molar-refractivity contribution in [2.24, 2.45) is 0 Å². The number of hydrogen-bond donors (Lipinski definition) is 1. The second kappa shape index (κ2) is 10.4. The summed E-state index contributed by atoms with van der Waals surface area (Å²) in [6.45, 7) is 10.4. The van der Waals surface area contributed by atoms with Crippen LogP contribution in [0.15, 0.2) is 71.1 Å². The number of aromatic nitrogens is 1. The standard InChI is InChI=1S/C28H31N3O3/c1-5-31(6-2)23-12-7-21(8-13-23)28-30-25-17-22(11-16-26(25)34-28)29-27(32)18-33-24-14-9-20(10-15-24)19(3)4/h7-17,19H,5-6,18H2,1-4H3,(H,29,32). The smallest absolute Gasteiger partial charge is 0.262 e. The third kappa shape index (κ3) is 5.39. The Morgan fingerprint density at radius 3 is 2.35 bits per heavy atom. The molecule has 1 aromatic heterocycles. The van der Waals surface area contributed by atoms with Gasteiger partial charge in [0.25, 0.3) is 5.91 Å². The molecule has 0 unspecified atom stereocenters. The molecular weight excluding hydrogens is 426 g/mol. The number of benzene rings is 3. The molecule has 3 aromatic carbocycles. The quantitative estimate of drug-likeness (QED) is 0.311. The van der Waals surface area contributed by atoms with Crippen molar-refractivity contribution >= 4 is 28.4 Å². The lowest BCUT2D eigenvalue weighted by molar-refractivity contribution is -0.118. The van der Waals surface area contributed by atoms with E-state index in [-0.39, 0.29) is 12.5 Å². The molecule has 0 fully saturated rings. The molecule has 6 heteroatoms. The zero-order valence-electron chi connectivity index (χ0n) is 20.2. The Morgan fingerprint density at radius 2 is 1.71 bits per heavy atom. The number of amides is 1. The van der Waals surface area contributed by atoms with E-state index in [2.05, 4.69) is 55.0 Å². The van der Waals surface area contributed by atoms with Gasteiger partial charge in [0, 0.05) is 30.0 Å². The molecule has 1 N–H and O–H groups in total. The van der Waals surface area contributed by atoms with E-state index in [0.717, 1.165) is 18.7 Å². The summed E-state index contributed by atoms with van der Waals surface area (Å²) in [5, 5.41) is 2.86. The first-order valence-corrected chi connectivity index (χ1v) is 11.8. The maximum absolute atomic E-state index is 12.4. The van der Waals surface area contributed by atoms with Crippen LogP contribution in [0.2, 0.25) is 0 Å². The molecule has 0 aliphatic carbocycles. The first-order valence-electron chi connectivity index (χ1n) is 11.8. The van der Waals surface area contributed by atoms with Gasteiger partial charge in [-0.2, -0.15) is 0 Å². The van der Waals surface area contributed by atoms with Crippen molar-refractivity contribution in [3.63, 3.8) is 0 Å². The minimum Gasteiger partial charge on any atom is -0.484 e. The highest BCUT2D eigenvalue weighted by atomic mass is 16.5. The average Bonchev–Trinajstić information content (AvgIpc) is 3.28. The fourth-order valence-corrected chi connectivity index (χ4v) is 3.83. The number of rotatable bonds is 9. The van der Waals surface area contributed by atoms with Crippen molar-refractivity contribution < 1.29 is 13.9 Å². The average molecular weight is 458 g/mol. The van der Waals surface area contributed by atoms with Gasteiger partial charge < -0.3 is 19.4 Å². The lowest BCUT2D eigenvalue weighted by Crippen LogP contribution is -2.21. The molecule has 0 radical (unpaired) electrons. The molecule has 0 bridgehead atoms. The number of hydrogen-bond acceptors (Lipinski definition) is 5. The molecule has 0 aliphatic rings. The summed E-state index contributed by atoms with van der Waals surface area (Å²) >= 11 is 0. The Morgan fingerprint density at radius 1 is 1.00 bits per heavy atom. The molecule has 1 amide bonds. The van der Waals surface area contributed by atoms with Crippen LogP contribution in [0.25, 0.3) is 22.6 Å². The highest BCUT2D eigenvalue weighted by molar-refractivity contribution is 5.94. The molecule has 0 atom stereocenters. The zero-order valence-corrected chi connectivity index (χ0v) is 20.2. The van der Waals surface area contributed by atoms with Crippen LogP contribution >= 0.6 is 0 Å². The molecule has 34 heavy (non-hydrogen) atoms. The molecule has 0 aliphatic heterocycles.